The number of sulfone groups is 1. The van der Waals surface area contributed by atoms with E-state index < -0.39 is 21.9 Å². The van der Waals surface area contributed by atoms with E-state index in [1.54, 1.807) is 13.1 Å². The molecule has 1 aliphatic heterocycles. The van der Waals surface area contributed by atoms with Crippen molar-refractivity contribution in [2.45, 2.75) is 24.7 Å². The van der Waals surface area contributed by atoms with E-state index in [9.17, 15) is 18.0 Å². The lowest BCUT2D eigenvalue weighted by Gasteiger charge is -2.13. The third-order valence-corrected chi connectivity index (χ3v) is 7.41. The standard InChI is InChI=1S/C17H19NO5S2/c1-11(17(20)14-8-18-15-5-3-2-4-13(14)15)23-16(19)9-24-12-6-7-25(21,22)10-12/h2-5,8,11-12,18H,6-7,9-10H2,1H3/t11-,12-/m1/s1. The Bertz CT molecular complexity index is 903. The molecule has 0 aliphatic carbocycles. The van der Waals surface area contributed by atoms with E-state index in [4.69, 9.17) is 4.74 Å². The van der Waals surface area contributed by atoms with Crippen LogP contribution in [0.5, 0.6) is 0 Å². The van der Waals surface area contributed by atoms with Crippen molar-refractivity contribution in [2.24, 2.45) is 0 Å². The van der Waals surface area contributed by atoms with Gasteiger partial charge in [0, 0.05) is 27.9 Å². The lowest BCUT2D eigenvalue weighted by molar-refractivity contribution is -0.143. The van der Waals surface area contributed by atoms with Gasteiger partial charge in [-0.1, -0.05) is 18.2 Å². The summed E-state index contributed by atoms with van der Waals surface area (Å²) in [5.41, 5.74) is 1.34. The van der Waals surface area contributed by atoms with E-state index in [-0.39, 0.29) is 28.3 Å². The third-order valence-electron chi connectivity index (χ3n) is 4.16. The molecule has 0 spiro atoms. The number of rotatable bonds is 6. The van der Waals surface area contributed by atoms with E-state index in [0.717, 1.165) is 10.9 Å². The van der Waals surface area contributed by atoms with Gasteiger partial charge in [0.15, 0.2) is 15.9 Å². The van der Waals surface area contributed by atoms with Gasteiger partial charge in [0.2, 0.25) is 5.78 Å². The van der Waals surface area contributed by atoms with Crippen LogP contribution in [0.25, 0.3) is 10.9 Å². The largest absolute Gasteiger partial charge is 0.454 e. The molecule has 6 nitrogen and oxygen atoms in total. The monoisotopic (exact) mass is 381 g/mol. The molecule has 1 saturated heterocycles. The second-order valence-electron chi connectivity index (χ2n) is 6.08. The number of esters is 1. The normalized spacial score (nSPS) is 20.4. The summed E-state index contributed by atoms with van der Waals surface area (Å²) in [6.45, 7) is 1.55. The maximum absolute atomic E-state index is 12.5. The Kier molecular flexibility index (Phi) is 5.19. The van der Waals surface area contributed by atoms with Crippen LogP contribution in [-0.2, 0) is 19.4 Å². The van der Waals surface area contributed by atoms with Crippen LogP contribution in [0.3, 0.4) is 0 Å². The number of benzene rings is 1. The number of para-hydroxylation sites is 1. The molecule has 0 amide bonds. The number of hydrogen-bond donors (Lipinski definition) is 1. The lowest BCUT2D eigenvalue weighted by atomic mass is 10.1. The summed E-state index contributed by atoms with van der Waals surface area (Å²) in [5, 5.41) is 0.720. The van der Waals surface area contributed by atoms with Gasteiger partial charge in [-0.25, -0.2) is 8.42 Å². The second kappa shape index (κ2) is 7.21. The smallest absolute Gasteiger partial charge is 0.316 e. The Labute approximate surface area is 150 Å². The minimum Gasteiger partial charge on any atom is -0.454 e. The van der Waals surface area contributed by atoms with Crippen molar-refractivity contribution in [2.75, 3.05) is 17.3 Å². The fraction of sp³-hybridized carbons (Fsp3) is 0.412. The van der Waals surface area contributed by atoms with Crippen LogP contribution < -0.4 is 0 Å². The molecule has 3 rings (SSSR count). The zero-order valence-corrected chi connectivity index (χ0v) is 15.4. The van der Waals surface area contributed by atoms with Crippen molar-refractivity contribution >= 4 is 44.3 Å². The van der Waals surface area contributed by atoms with Gasteiger partial charge in [-0.3, -0.25) is 9.59 Å². The third kappa shape index (κ3) is 4.24. The van der Waals surface area contributed by atoms with Crippen LogP contribution in [0, 0.1) is 0 Å². The number of fused-ring (bicyclic) bond motifs is 1. The molecular formula is C17H19NO5S2. The van der Waals surface area contributed by atoms with Crippen LogP contribution >= 0.6 is 11.8 Å². The number of carbonyl (C=O) groups excluding carboxylic acids is 2. The predicted molar refractivity (Wildman–Crippen MR) is 97.7 cm³/mol. The summed E-state index contributed by atoms with van der Waals surface area (Å²) >= 11 is 1.28. The van der Waals surface area contributed by atoms with Gasteiger partial charge < -0.3 is 9.72 Å². The van der Waals surface area contributed by atoms with Gasteiger partial charge in [-0.15, -0.1) is 11.8 Å². The summed E-state index contributed by atoms with van der Waals surface area (Å²) in [6, 6.07) is 7.42. The summed E-state index contributed by atoms with van der Waals surface area (Å²) in [5.74, 6) is -0.440. The lowest BCUT2D eigenvalue weighted by Crippen LogP contribution is -2.25. The van der Waals surface area contributed by atoms with Crippen molar-refractivity contribution < 1.29 is 22.7 Å². The topological polar surface area (TPSA) is 93.3 Å². The number of carbonyl (C=O) groups is 2. The quantitative estimate of drug-likeness (QED) is 0.609. The molecule has 134 valence electrons. The van der Waals surface area contributed by atoms with E-state index >= 15 is 0 Å². The molecule has 2 atom stereocenters. The minimum absolute atomic E-state index is 0.0473. The molecule has 1 aliphatic rings. The first-order valence-corrected chi connectivity index (χ1v) is 10.8. The molecule has 0 unspecified atom stereocenters. The predicted octanol–water partition coefficient (Wildman–Crippen LogP) is 2.20. The molecule has 2 aromatic rings. The molecule has 1 fully saturated rings. The van der Waals surface area contributed by atoms with Gasteiger partial charge in [0.1, 0.15) is 0 Å². The maximum atomic E-state index is 12.5. The molecule has 0 saturated carbocycles. The van der Waals surface area contributed by atoms with E-state index in [0.29, 0.717) is 12.0 Å². The number of aromatic nitrogens is 1. The summed E-state index contributed by atoms with van der Waals surface area (Å²) in [6.07, 6.45) is 1.29. The molecule has 8 heteroatoms. The van der Waals surface area contributed by atoms with Crippen LogP contribution in [0.2, 0.25) is 0 Å². The van der Waals surface area contributed by atoms with Crippen molar-refractivity contribution in [1.82, 2.24) is 4.98 Å². The summed E-state index contributed by atoms with van der Waals surface area (Å²) in [4.78, 5) is 27.5. The highest BCUT2D eigenvalue weighted by Crippen LogP contribution is 2.25. The molecule has 25 heavy (non-hydrogen) atoms. The number of thioether (sulfide) groups is 1. The minimum atomic E-state index is -2.96. The number of Topliss-reactive ketones (excluding diaryl/α,β-unsaturated/α-hetero) is 1. The number of aromatic amines is 1. The molecule has 1 aromatic carbocycles. The van der Waals surface area contributed by atoms with Gasteiger partial charge in [0.25, 0.3) is 0 Å². The number of H-pyrrole nitrogens is 1. The van der Waals surface area contributed by atoms with Gasteiger partial charge in [-0.05, 0) is 19.4 Å². The average Bonchev–Trinajstić information content (AvgIpc) is 3.15. The average molecular weight is 381 g/mol. The number of ether oxygens (including phenoxy) is 1. The first-order valence-electron chi connectivity index (χ1n) is 7.97. The van der Waals surface area contributed by atoms with Crippen molar-refractivity contribution in [3.05, 3.63) is 36.0 Å². The molecule has 0 bridgehead atoms. The highest BCUT2D eigenvalue weighted by Gasteiger charge is 2.29. The first kappa shape index (κ1) is 18.0. The highest BCUT2D eigenvalue weighted by molar-refractivity contribution is 8.02. The molecule has 1 N–H and O–H groups in total. The number of hydrogen-bond acceptors (Lipinski definition) is 6. The summed E-state index contributed by atoms with van der Waals surface area (Å²) in [7, 11) is -2.96. The number of ketones is 1. The Morgan fingerprint density at radius 3 is 2.84 bits per heavy atom. The van der Waals surface area contributed by atoms with E-state index in [2.05, 4.69) is 4.98 Å². The Hall–Kier alpha value is -1.80. The SMILES string of the molecule is C[C@@H](OC(=O)CS[C@@H]1CCS(=O)(=O)C1)C(=O)c1c[nH]c2ccccc12. The Morgan fingerprint density at radius 1 is 1.36 bits per heavy atom. The molecule has 1 aromatic heterocycles. The Morgan fingerprint density at radius 2 is 2.12 bits per heavy atom. The van der Waals surface area contributed by atoms with Crippen LogP contribution in [0.1, 0.15) is 23.7 Å². The zero-order chi connectivity index (χ0) is 18.0. The molecule has 2 heterocycles. The first-order chi connectivity index (χ1) is 11.9. The van der Waals surface area contributed by atoms with E-state index in [1.165, 1.54) is 11.8 Å². The zero-order valence-electron chi connectivity index (χ0n) is 13.7. The van der Waals surface area contributed by atoms with Gasteiger partial charge in [-0.2, -0.15) is 0 Å². The Balaban J connectivity index is 1.55. The molecule has 0 radical (unpaired) electrons. The second-order valence-corrected chi connectivity index (χ2v) is 9.60. The maximum Gasteiger partial charge on any atom is 0.316 e. The van der Waals surface area contributed by atoms with Crippen LogP contribution in [0.4, 0.5) is 0 Å². The fourth-order valence-electron chi connectivity index (χ4n) is 2.86. The van der Waals surface area contributed by atoms with Crippen LogP contribution in [-0.4, -0.2) is 53.8 Å². The number of nitrogens with one attached hydrogen (secondary N) is 1. The van der Waals surface area contributed by atoms with Crippen molar-refractivity contribution in [1.29, 1.82) is 0 Å². The summed E-state index contributed by atoms with van der Waals surface area (Å²) < 4.78 is 28.1. The van der Waals surface area contributed by atoms with Crippen LogP contribution in [0.15, 0.2) is 30.5 Å². The van der Waals surface area contributed by atoms with Gasteiger partial charge >= 0.3 is 5.97 Å². The highest BCUT2D eigenvalue weighted by atomic mass is 32.2. The fourth-order valence-corrected chi connectivity index (χ4v) is 6.28. The van der Waals surface area contributed by atoms with E-state index in [1.807, 2.05) is 24.3 Å². The van der Waals surface area contributed by atoms with Gasteiger partial charge in [0.05, 0.1) is 17.3 Å². The van der Waals surface area contributed by atoms with Crippen molar-refractivity contribution in [3.8, 4) is 0 Å². The van der Waals surface area contributed by atoms with Crippen molar-refractivity contribution in [3.63, 3.8) is 0 Å². The molecular weight excluding hydrogens is 362 g/mol.